The van der Waals surface area contributed by atoms with Gasteiger partial charge in [-0.1, -0.05) is 42.7 Å². The first kappa shape index (κ1) is 11.2. The fraction of sp³-hybridized carbons (Fsp3) is 0.500. The minimum Gasteiger partial charge on any atom is -0.481 e. The minimum absolute atomic E-state index is 0.184. The second-order valence-corrected chi connectivity index (χ2v) is 4.75. The maximum atomic E-state index is 11.2. The number of rotatable bonds is 2. The van der Waals surface area contributed by atoms with Gasteiger partial charge in [0.1, 0.15) is 0 Å². The summed E-state index contributed by atoms with van der Waals surface area (Å²) in [5, 5.41) is 9.22. The van der Waals surface area contributed by atoms with Crippen LogP contribution in [0.25, 0.3) is 0 Å². The van der Waals surface area contributed by atoms with Crippen molar-refractivity contribution in [3.63, 3.8) is 0 Å². The Kier molecular flexibility index (Phi) is 3.28. The number of carbonyl (C=O) groups is 1. The molecule has 0 bridgehead atoms. The summed E-state index contributed by atoms with van der Waals surface area (Å²) >= 11 is 0. The maximum Gasteiger partial charge on any atom is 0.307 e. The van der Waals surface area contributed by atoms with Crippen molar-refractivity contribution >= 4 is 5.97 Å². The van der Waals surface area contributed by atoms with Crippen LogP contribution in [0.2, 0.25) is 0 Å². The Hall–Kier alpha value is -1.31. The third-order valence-corrected chi connectivity index (χ3v) is 3.59. The lowest BCUT2D eigenvalue weighted by molar-refractivity contribution is -0.143. The summed E-state index contributed by atoms with van der Waals surface area (Å²) in [5.41, 5.74) is 2.42. The molecule has 1 aromatic rings. The lowest BCUT2D eigenvalue weighted by atomic mass is 9.75. The van der Waals surface area contributed by atoms with Gasteiger partial charge in [0.25, 0.3) is 0 Å². The van der Waals surface area contributed by atoms with Crippen molar-refractivity contribution < 1.29 is 9.90 Å². The van der Waals surface area contributed by atoms with Crippen molar-refractivity contribution in [2.75, 3.05) is 0 Å². The van der Waals surface area contributed by atoms with Crippen LogP contribution in [0.15, 0.2) is 24.3 Å². The summed E-state index contributed by atoms with van der Waals surface area (Å²) in [4.78, 5) is 11.2. The van der Waals surface area contributed by atoms with Crippen LogP contribution in [0.1, 0.15) is 42.7 Å². The van der Waals surface area contributed by atoms with E-state index in [-0.39, 0.29) is 11.8 Å². The van der Waals surface area contributed by atoms with Gasteiger partial charge in [-0.15, -0.1) is 0 Å². The molecule has 1 fully saturated rings. The van der Waals surface area contributed by atoms with Gasteiger partial charge in [-0.05, 0) is 31.2 Å². The third-order valence-electron chi connectivity index (χ3n) is 3.59. The Morgan fingerprint density at radius 2 is 1.81 bits per heavy atom. The molecule has 0 amide bonds. The Balaban J connectivity index is 2.23. The van der Waals surface area contributed by atoms with Crippen LogP contribution in [0.3, 0.4) is 0 Å². The van der Waals surface area contributed by atoms with Gasteiger partial charge < -0.3 is 5.11 Å². The van der Waals surface area contributed by atoms with Crippen LogP contribution in [0.5, 0.6) is 0 Å². The number of aliphatic carboxylic acids is 1. The Morgan fingerprint density at radius 1 is 1.19 bits per heavy atom. The van der Waals surface area contributed by atoms with Crippen molar-refractivity contribution in [1.29, 1.82) is 0 Å². The molecule has 2 nitrogen and oxygen atoms in total. The van der Waals surface area contributed by atoms with Gasteiger partial charge >= 0.3 is 5.97 Å². The highest BCUT2D eigenvalue weighted by Crippen LogP contribution is 2.37. The van der Waals surface area contributed by atoms with E-state index in [1.165, 1.54) is 11.1 Å². The molecule has 1 aromatic carbocycles. The fourth-order valence-corrected chi connectivity index (χ4v) is 2.64. The minimum atomic E-state index is -0.634. The molecule has 0 aliphatic heterocycles. The number of hydrogen-bond donors (Lipinski definition) is 1. The second kappa shape index (κ2) is 4.69. The van der Waals surface area contributed by atoms with Crippen LogP contribution in [0.4, 0.5) is 0 Å². The van der Waals surface area contributed by atoms with Crippen LogP contribution in [0, 0.1) is 12.8 Å². The van der Waals surface area contributed by atoms with E-state index in [9.17, 15) is 9.90 Å². The van der Waals surface area contributed by atoms with Crippen molar-refractivity contribution in [2.24, 2.45) is 5.92 Å². The molecular weight excluding hydrogens is 200 g/mol. The van der Waals surface area contributed by atoms with Crippen LogP contribution >= 0.6 is 0 Å². The number of carboxylic acids is 1. The molecule has 1 aliphatic carbocycles. The standard InChI is InChI=1S/C14H18O2/c1-10-6-8-11(9-7-10)12-4-2-3-5-13(12)14(15)16/h6-9,12-13H,2-5H2,1H3,(H,15,16)/t12?,13-/m0/s1. The molecule has 2 heteroatoms. The molecule has 86 valence electrons. The van der Waals surface area contributed by atoms with Crippen LogP contribution in [-0.2, 0) is 4.79 Å². The molecule has 1 saturated carbocycles. The van der Waals surface area contributed by atoms with Crippen LogP contribution in [-0.4, -0.2) is 11.1 Å². The van der Waals surface area contributed by atoms with Gasteiger partial charge in [0.05, 0.1) is 5.92 Å². The van der Waals surface area contributed by atoms with E-state index >= 15 is 0 Å². The molecule has 0 aromatic heterocycles. The highest BCUT2D eigenvalue weighted by Gasteiger charge is 2.31. The normalized spacial score (nSPS) is 25.3. The Labute approximate surface area is 96.3 Å². The summed E-state index contributed by atoms with van der Waals surface area (Å²) in [6.07, 6.45) is 4.05. The second-order valence-electron chi connectivity index (χ2n) is 4.75. The summed E-state index contributed by atoms with van der Waals surface area (Å²) in [7, 11) is 0. The summed E-state index contributed by atoms with van der Waals surface area (Å²) in [6.45, 7) is 2.05. The topological polar surface area (TPSA) is 37.3 Å². The summed E-state index contributed by atoms with van der Waals surface area (Å²) in [5.74, 6) is -0.603. The highest BCUT2D eigenvalue weighted by molar-refractivity contribution is 5.71. The van der Waals surface area contributed by atoms with Gasteiger partial charge in [-0.25, -0.2) is 0 Å². The number of hydrogen-bond acceptors (Lipinski definition) is 1. The van der Waals surface area contributed by atoms with Crippen molar-refractivity contribution in [3.8, 4) is 0 Å². The molecule has 0 saturated heterocycles. The largest absolute Gasteiger partial charge is 0.481 e. The lowest BCUT2D eigenvalue weighted by Crippen LogP contribution is -2.25. The Bertz CT molecular complexity index is 367. The summed E-state index contributed by atoms with van der Waals surface area (Å²) in [6, 6.07) is 8.31. The average Bonchev–Trinajstić information content (AvgIpc) is 2.30. The first-order valence-electron chi connectivity index (χ1n) is 5.98. The maximum absolute atomic E-state index is 11.2. The van der Waals surface area contributed by atoms with Crippen molar-refractivity contribution in [1.82, 2.24) is 0 Å². The number of benzene rings is 1. The molecule has 1 aliphatic rings. The zero-order chi connectivity index (χ0) is 11.5. The first-order valence-corrected chi connectivity index (χ1v) is 5.98. The molecule has 16 heavy (non-hydrogen) atoms. The van der Waals surface area contributed by atoms with E-state index in [4.69, 9.17) is 0 Å². The smallest absolute Gasteiger partial charge is 0.307 e. The first-order chi connectivity index (χ1) is 7.68. The highest BCUT2D eigenvalue weighted by atomic mass is 16.4. The predicted molar refractivity (Wildman–Crippen MR) is 63.5 cm³/mol. The van der Waals surface area contributed by atoms with Gasteiger partial charge in [-0.3, -0.25) is 4.79 Å². The van der Waals surface area contributed by atoms with E-state index < -0.39 is 5.97 Å². The number of aryl methyl sites for hydroxylation is 1. The van der Waals surface area contributed by atoms with E-state index in [0.29, 0.717) is 0 Å². The average molecular weight is 218 g/mol. The monoisotopic (exact) mass is 218 g/mol. The molecule has 2 atom stereocenters. The van der Waals surface area contributed by atoms with Crippen molar-refractivity contribution in [3.05, 3.63) is 35.4 Å². The van der Waals surface area contributed by atoms with Crippen LogP contribution < -0.4 is 0 Å². The fourth-order valence-electron chi connectivity index (χ4n) is 2.64. The van der Waals surface area contributed by atoms with Gasteiger partial charge in [0.2, 0.25) is 0 Å². The molecule has 0 radical (unpaired) electrons. The van der Waals surface area contributed by atoms with E-state index in [2.05, 4.69) is 31.2 Å². The van der Waals surface area contributed by atoms with Gasteiger partial charge in [0.15, 0.2) is 0 Å². The quantitative estimate of drug-likeness (QED) is 0.826. The van der Waals surface area contributed by atoms with E-state index in [0.717, 1.165) is 25.7 Å². The molecule has 2 rings (SSSR count). The summed E-state index contributed by atoms with van der Waals surface area (Å²) < 4.78 is 0. The van der Waals surface area contributed by atoms with Gasteiger partial charge in [-0.2, -0.15) is 0 Å². The molecule has 0 heterocycles. The molecular formula is C14H18O2. The number of carboxylic acid groups (broad SMARTS) is 1. The third kappa shape index (κ3) is 2.26. The van der Waals surface area contributed by atoms with Gasteiger partial charge in [0, 0.05) is 0 Å². The van der Waals surface area contributed by atoms with E-state index in [1.54, 1.807) is 0 Å². The zero-order valence-electron chi connectivity index (χ0n) is 9.65. The van der Waals surface area contributed by atoms with Crippen molar-refractivity contribution in [2.45, 2.75) is 38.5 Å². The predicted octanol–water partition coefficient (Wildman–Crippen LogP) is 3.35. The molecule has 1 unspecified atom stereocenters. The molecule has 0 spiro atoms. The molecule has 1 N–H and O–H groups in total. The van der Waals surface area contributed by atoms with E-state index in [1.807, 2.05) is 0 Å². The zero-order valence-corrected chi connectivity index (χ0v) is 9.65. The SMILES string of the molecule is Cc1ccc(C2CCCC[C@@H]2C(=O)O)cc1. The lowest BCUT2D eigenvalue weighted by Gasteiger charge is -2.28. The Morgan fingerprint density at radius 3 is 2.44 bits per heavy atom.